The second-order valence-electron chi connectivity index (χ2n) is 4.20. The Morgan fingerprint density at radius 2 is 1.81 bits per heavy atom. The zero-order chi connectivity index (χ0) is 12.2. The molecule has 1 atom stereocenters. The van der Waals surface area contributed by atoms with Gasteiger partial charge in [0.25, 0.3) is 0 Å². The first kappa shape index (κ1) is 13.4. The molecule has 0 fully saturated rings. The van der Waals surface area contributed by atoms with Gasteiger partial charge in [-0.1, -0.05) is 44.2 Å². The smallest absolute Gasteiger partial charge is 0.323 e. The van der Waals surface area contributed by atoms with Gasteiger partial charge in [0, 0.05) is 0 Å². The molecule has 0 amide bonds. The minimum absolute atomic E-state index is 0.345. The van der Waals surface area contributed by atoms with Crippen molar-refractivity contribution in [1.29, 1.82) is 0 Å². The van der Waals surface area contributed by atoms with E-state index in [-0.39, 0.29) is 0 Å². The Kier molecular flexibility index (Phi) is 4.69. The minimum Gasteiger partial charge on any atom is -0.323 e. The highest BCUT2D eigenvalue weighted by atomic mass is 31.2. The SMILES string of the molecule is CC(C)CNC(c1ccccc1)P(=O)(O)O. The van der Waals surface area contributed by atoms with E-state index in [1.54, 1.807) is 24.3 Å². The molecule has 4 nitrogen and oxygen atoms in total. The van der Waals surface area contributed by atoms with Crippen LogP contribution in [0.25, 0.3) is 0 Å². The predicted octanol–water partition coefficient (Wildman–Crippen LogP) is 2.11. The van der Waals surface area contributed by atoms with Gasteiger partial charge in [0.05, 0.1) is 0 Å². The van der Waals surface area contributed by atoms with Crippen LogP contribution in [-0.2, 0) is 4.57 Å². The molecule has 5 heteroatoms. The van der Waals surface area contributed by atoms with Crippen molar-refractivity contribution in [3.05, 3.63) is 35.9 Å². The molecule has 0 radical (unpaired) electrons. The second-order valence-corrected chi connectivity index (χ2v) is 5.90. The quantitative estimate of drug-likeness (QED) is 0.693. The van der Waals surface area contributed by atoms with Crippen molar-refractivity contribution < 1.29 is 14.4 Å². The van der Waals surface area contributed by atoms with Gasteiger partial charge in [-0.2, -0.15) is 0 Å². The van der Waals surface area contributed by atoms with Crippen molar-refractivity contribution in [1.82, 2.24) is 5.32 Å². The maximum atomic E-state index is 11.4. The van der Waals surface area contributed by atoms with Gasteiger partial charge in [-0.3, -0.25) is 9.88 Å². The maximum Gasteiger partial charge on any atom is 0.346 e. The van der Waals surface area contributed by atoms with Crippen molar-refractivity contribution in [2.45, 2.75) is 19.6 Å². The van der Waals surface area contributed by atoms with Gasteiger partial charge in [0.2, 0.25) is 0 Å². The van der Waals surface area contributed by atoms with Gasteiger partial charge in [-0.05, 0) is 18.0 Å². The molecule has 0 aliphatic heterocycles. The van der Waals surface area contributed by atoms with E-state index in [9.17, 15) is 14.4 Å². The van der Waals surface area contributed by atoms with Crippen molar-refractivity contribution in [2.24, 2.45) is 5.92 Å². The highest BCUT2D eigenvalue weighted by molar-refractivity contribution is 7.52. The average Bonchev–Trinajstić information content (AvgIpc) is 2.17. The van der Waals surface area contributed by atoms with Crippen LogP contribution < -0.4 is 5.32 Å². The van der Waals surface area contributed by atoms with E-state index in [0.29, 0.717) is 18.0 Å². The zero-order valence-corrected chi connectivity index (χ0v) is 10.4. The lowest BCUT2D eigenvalue weighted by Crippen LogP contribution is -2.25. The van der Waals surface area contributed by atoms with Gasteiger partial charge >= 0.3 is 7.60 Å². The van der Waals surface area contributed by atoms with E-state index in [4.69, 9.17) is 0 Å². The fraction of sp³-hybridized carbons (Fsp3) is 0.455. The molecule has 0 heterocycles. The monoisotopic (exact) mass is 243 g/mol. The summed E-state index contributed by atoms with van der Waals surface area (Å²) in [5, 5.41) is 2.91. The molecule has 1 rings (SSSR count). The van der Waals surface area contributed by atoms with Crippen molar-refractivity contribution in [3.63, 3.8) is 0 Å². The Bertz CT molecular complexity index is 361. The lowest BCUT2D eigenvalue weighted by molar-refractivity contribution is 0.344. The maximum absolute atomic E-state index is 11.4. The number of benzene rings is 1. The Morgan fingerprint density at radius 1 is 1.25 bits per heavy atom. The molecule has 0 aliphatic carbocycles. The van der Waals surface area contributed by atoms with Crippen LogP contribution in [-0.4, -0.2) is 16.3 Å². The van der Waals surface area contributed by atoms with Crippen LogP contribution in [0.2, 0.25) is 0 Å². The van der Waals surface area contributed by atoms with Crippen LogP contribution in [0.1, 0.15) is 25.2 Å². The van der Waals surface area contributed by atoms with Gasteiger partial charge in [-0.25, -0.2) is 0 Å². The van der Waals surface area contributed by atoms with Crippen LogP contribution in [0.5, 0.6) is 0 Å². The molecule has 0 saturated heterocycles. The number of nitrogens with one attached hydrogen (secondary N) is 1. The molecule has 90 valence electrons. The van der Waals surface area contributed by atoms with Crippen LogP contribution in [0.3, 0.4) is 0 Å². The molecule has 0 aromatic heterocycles. The molecule has 0 aliphatic rings. The average molecular weight is 243 g/mol. The predicted molar refractivity (Wildman–Crippen MR) is 64.1 cm³/mol. The minimum atomic E-state index is -4.17. The van der Waals surface area contributed by atoms with Crippen LogP contribution in [0.4, 0.5) is 0 Å². The molecule has 3 N–H and O–H groups in total. The Morgan fingerprint density at radius 3 is 2.25 bits per heavy atom. The first-order valence-electron chi connectivity index (χ1n) is 5.25. The van der Waals surface area contributed by atoms with E-state index in [1.807, 2.05) is 19.9 Å². The van der Waals surface area contributed by atoms with Gasteiger partial charge < -0.3 is 9.79 Å². The van der Waals surface area contributed by atoms with Crippen molar-refractivity contribution >= 4 is 7.60 Å². The molecule has 1 unspecified atom stereocenters. The summed E-state index contributed by atoms with van der Waals surface area (Å²) in [7, 11) is -4.17. The second kappa shape index (κ2) is 5.60. The number of rotatable bonds is 5. The molecule has 1 aromatic rings. The van der Waals surface area contributed by atoms with Crippen LogP contribution in [0.15, 0.2) is 30.3 Å². The fourth-order valence-corrected chi connectivity index (χ4v) is 2.32. The van der Waals surface area contributed by atoms with E-state index in [1.165, 1.54) is 0 Å². The highest BCUT2D eigenvalue weighted by Gasteiger charge is 2.29. The normalized spacial score (nSPS) is 14.1. The third-order valence-electron chi connectivity index (χ3n) is 2.17. The Labute approximate surface area is 95.9 Å². The summed E-state index contributed by atoms with van der Waals surface area (Å²) in [5.41, 5.74) is 0.622. The summed E-state index contributed by atoms with van der Waals surface area (Å²) in [4.78, 5) is 18.6. The summed E-state index contributed by atoms with van der Waals surface area (Å²) in [6.45, 7) is 4.56. The topological polar surface area (TPSA) is 69.6 Å². The highest BCUT2D eigenvalue weighted by Crippen LogP contribution is 2.49. The van der Waals surface area contributed by atoms with E-state index < -0.39 is 13.4 Å². The molecule has 16 heavy (non-hydrogen) atoms. The summed E-state index contributed by atoms with van der Waals surface area (Å²) in [5.74, 6) is -0.561. The van der Waals surface area contributed by atoms with Crippen molar-refractivity contribution in [2.75, 3.05) is 6.54 Å². The third-order valence-corrected chi connectivity index (χ3v) is 3.32. The third kappa shape index (κ3) is 4.06. The largest absolute Gasteiger partial charge is 0.346 e. The van der Waals surface area contributed by atoms with Gasteiger partial charge in [0.1, 0.15) is 5.78 Å². The summed E-state index contributed by atoms with van der Waals surface area (Å²) < 4.78 is 11.4. The molecule has 0 saturated carbocycles. The number of hydrogen-bond donors (Lipinski definition) is 3. The fourth-order valence-electron chi connectivity index (χ4n) is 1.41. The van der Waals surface area contributed by atoms with Crippen LogP contribution in [0, 0.1) is 5.92 Å². The van der Waals surface area contributed by atoms with Gasteiger partial charge in [-0.15, -0.1) is 0 Å². The standard InChI is InChI=1S/C11H18NO3P/c1-9(2)8-12-11(16(13,14)15)10-6-4-3-5-7-10/h3-7,9,11-12H,8H2,1-2H3,(H2,13,14,15). The van der Waals surface area contributed by atoms with Gasteiger partial charge in [0.15, 0.2) is 0 Å². The zero-order valence-electron chi connectivity index (χ0n) is 9.50. The van der Waals surface area contributed by atoms with E-state index in [0.717, 1.165) is 0 Å². The summed E-state index contributed by atoms with van der Waals surface area (Å²) in [6, 6.07) is 8.81. The first-order valence-corrected chi connectivity index (χ1v) is 6.93. The lowest BCUT2D eigenvalue weighted by atomic mass is 10.2. The molecule has 0 spiro atoms. The van der Waals surface area contributed by atoms with E-state index >= 15 is 0 Å². The molecule has 0 bridgehead atoms. The lowest BCUT2D eigenvalue weighted by Gasteiger charge is -2.21. The van der Waals surface area contributed by atoms with Crippen molar-refractivity contribution in [3.8, 4) is 0 Å². The summed E-state index contributed by atoms with van der Waals surface area (Å²) in [6.07, 6.45) is 0. The molecule has 1 aromatic carbocycles. The molecular weight excluding hydrogens is 225 g/mol. The van der Waals surface area contributed by atoms with Crippen LogP contribution >= 0.6 is 7.60 Å². The Balaban J connectivity index is 2.85. The first-order chi connectivity index (χ1) is 7.41. The summed E-state index contributed by atoms with van der Waals surface area (Å²) >= 11 is 0. The Hall–Kier alpha value is -0.670. The number of hydrogen-bond acceptors (Lipinski definition) is 2. The molecular formula is C11H18NO3P. The van der Waals surface area contributed by atoms with E-state index in [2.05, 4.69) is 5.32 Å².